The van der Waals surface area contributed by atoms with Crippen LogP contribution in [-0.2, 0) is 27.3 Å². The number of hydrogen-bond acceptors (Lipinski definition) is 3. The van der Waals surface area contributed by atoms with E-state index in [0.29, 0.717) is 13.1 Å². The first-order chi connectivity index (χ1) is 12.5. The van der Waals surface area contributed by atoms with E-state index in [1.54, 1.807) is 30.0 Å². The van der Waals surface area contributed by atoms with Crippen molar-refractivity contribution < 1.29 is 18.7 Å². The molecule has 1 aliphatic heterocycles. The molecule has 0 aliphatic carbocycles. The predicted octanol–water partition coefficient (Wildman–Crippen LogP) is 3.36. The zero-order chi connectivity index (χ0) is 18.5. The lowest BCUT2D eigenvalue weighted by molar-refractivity contribution is -0.155. The molecule has 4 nitrogen and oxygen atoms in total. The highest BCUT2D eigenvalue weighted by Crippen LogP contribution is 2.19. The van der Waals surface area contributed by atoms with Crippen LogP contribution in [0.25, 0.3) is 6.08 Å². The summed E-state index contributed by atoms with van der Waals surface area (Å²) in [5.41, 5.74) is 2.65. The van der Waals surface area contributed by atoms with Gasteiger partial charge in [0.05, 0.1) is 0 Å². The highest BCUT2D eigenvalue weighted by molar-refractivity contribution is 5.90. The maximum Gasteiger partial charge on any atom is 0.331 e. The molecule has 2 aromatic carbocycles. The Labute approximate surface area is 151 Å². The minimum atomic E-state index is -0.891. The Morgan fingerprint density at radius 2 is 1.81 bits per heavy atom. The van der Waals surface area contributed by atoms with E-state index < -0.39 is 17.9 Å². The van der Waals surface area contributed by atoms with Crippen LogP contribution in [0.1, 0.15) is 23.6 Å². The summed E-state index contributed by atoms with van der Waals surface area (Å²) in [6.07, 6.45) is 2.37. The molecule has 5 heteroatoms. The second-order valence-corrected chi connectivity index (χ2v) is 6.21. The van der Waals surface area contributed by atoms with Crippen molar-refractivity contribution in [1.82, 2.24) is 4.90 Å². The second kappa shape index (κ2) is 7.95. The molecule has 1 aliphatic rings. The van der Waals surface area contributed by atoms with Gasteiger partial charge in [-0.05, 0) is 36.6 Å². The van der Waals surface area contributed by atoms with E-state index in [9.17, 15) is 14.0 Å². The van der Waals surface area contributed by atoms with Gasteiger partial charge in [0.2, 0.25) is 0 Å². The van der Waals surface area contributed by atoms with Gasteiger partial charge in [-0.3, -0.25) is 4.79 Å². The second-order valence-electron chi connectivity index (χ2n) is 6.21. The van der Waals surface area contributed by atoms with Gasteiger partial charge in [0, 0.05) is 24.7 Å². The zero-order valence-electron chi connectivity index (χ0n) is 14.5. The molecule has 26 heavy (non-hydrogen) atoms. The average Bonchev–Trinajstić information content (AvgIpc) is 2.66. The van der Waals surface area contributed by atoms with Crippen LogP contribution >= 0.6 is 0 Å². The Morgan fingerprint density at radius 1 is 1.12 bits per heavy atom. The Bertz CT molecular complexity index is 847. The summed E-state index contributed by atoms with van der Waals surface area (Å²) in [7, 11) is 0. The van der Waals surface area contributed by atoms with Crippen LogP contribution in [0.15, 0.2) is 54.6 Å². The van der Waals surface area contributed by atoms with Crippen molar-refractivity contribution in [2.45, 2.75) is 26.0 Å². The number of amides is 1. The third-order valence-corrected chi connectivity index (χ3v) is 4.39. The Balaban J connectivity index is 1.58. The molecular weight excluding hydrogens is 333 g/mol. The van der Waals surface area contributed by atoms with Crippen molar-refractivity contribution in [2.75, 3.05) is 6.54 Å². The maximum absolute atomic E-state index is 13.5. The van der Waals surface area contributed by atoms with E-state index in [1.807, 2.05) is 18.2 Å². The zero-order valence-corrected chi connectivity index (χ0v) is 14.5. The molecule has 0 N–H and O–H groups in total. The summed E-state index contributed by atoms with van der Waals surface area (Å²) in [6.45, 7) is 2.67. The summed E-state index contributed by atoms with van der Waals surface area (Å²) in [5.74, 6) is -1.33. The van der Waals surface area contributed by atoms with E-state index in [-0.39, 0.29) is 11.5 Å². The normalized spacial score (nSPS) is 14.8. The van der Waals surface area contributed by atoms with Crippen molar-refractivity contribution in [1.29, 1.82) is 0 Å². The van der Waals surface area contributed by atoms with Gasteiger partial charge in [0.15, 0.2) is 6.10 Å². The van der Waals surface area contributed by atoms with Crippen LogP contribution in [0.4, 0.5) is 4.39 Å². The first-order valence-electron chi connectivity index (χ1n) is 8.53. The first kappa shape index (κ1) is 17.9. The fourth-order valence-corrected chi connectivity index (χ4v) is 2.97. The van der Waals surface area contributed by atoms with E-state index in [2.05, 4.69) is 6.07 Å². The molecule has 0 saturated carbocycles. The third-order valence-electron chi connectivity index (χ3n) is 4.39. The number of esters is 1. The van der Waals surface area contributed by atoms with Crippen molar-refractivity contribution in [3.05, 3.63) is 77.1 Å². The molecule has 1 atom stereocenters. The molecule has 0 bridgehead atoms. The fraction of sp³-hybridized carbons (Fsp3) is 0.238. The van der Waals surface area contributed by atoms with E-state index in [0.717, 1.165) is 18.1 Å². The lowest BCUT2D eigenvalue weighted by Gasteiger charge is -2.30. The number of fused-ring (bicyclic) bond motifs is 1. The van der Waals surface area contributed by atoms with E-state index in [4.69, 9.17) is 4.74 Å². The molecule has 1 heterocycles. The molecule has 134 valence electrons. The number of ether oxygens (including phenoxy) is 1. The lowest BCUT2D eigenvalue weighted by atomic mass is 9.99. The summed E-state index contributed by atoms with van der Waals surface area (Å²) >= 11 is 0. The summed E-state index contributed by atoms with van der Waals surface area (Å²) in [4.78, 5) is 26.2. The van der Waals surface area contributed by atoms with Crippen LogP contribution in [0.5, 0.6) is 0 Å². The molecule has 0 saturated heterocycles. The van der Waals surface area contributed by atoms with Gasteiger partial charge in [-0.15, -0.1) is 0 Å². The fourth-order valence-electron chi connectivity index (χ4n) is 2.97. The largest absolute Gasteiger partial charge is 0.449 e. The monoisotopic (exact) mass is 353 g/mol. The SMILES string of the molecule is C[C@H](OC(=O)/C=C/c1ccccc1F)C(=O)N1CCc2ccccc2C1. The molecular formula is C21H20FNO3. The number of halogens is 1. The van der Waals surface area contributed by atoms with Gasteiger partial charge in [-0.1, -0.05) is 42.5 Å². The number of benzene rings is 2. The Kier molecular flexibility index (Phi) is 5.46. The number of nitrogens with zero attached hydrogens (tertiary/aromatic N) is 1. The molecule has 2 aromatic rings. The highest BCUT2D eigenvalue weighted by Gasteiger charge is 2.26. The average molecular weight is 353 g/mol. The molecule has 0 unspecified atom stereocenters. The summed E-state index contributed by atoms with van der Waals surface area (Å²) in [5, 5.41) is 0. The van der Waals surface area contributed by atoms with Gasteiger partial charge in [-0.2, -0.15) is 0 Å². The van der Waals surface area contributed by atoms with Crippen LogP contribution in [0, 0.1) is 5.82 Å². The number of rotatable bonds is 4. The predicted molar refractivity (Wildman–Crippen MR) is 96.6 cm³/mol. The Hall–Kier alpha value is -2.95. The van der Waals surface area contributed by atoms with Crippen molar-refractivity contribution in [2.24, 2.45) is 0 Å². The molecule has 3 rings (SSSR count). The standard InChI is InChI=1S/C21H20FNO3/c1-15(26-20(24)11-10-17-7-4-5-9-19(17)22)21(25)23-13-12-16-6-2-3-8-18(16)14-23/h2-11,15H,12-14H2,1H3/b11-10+/t15-/m0/s1. The molecule has 0 spiro atoms. The maximum atomic E-state index is 13.5. The van der Waals surface area contributed by atoms with Crippen molar-refractivity contribution in [3.63, 3.8) is 0 Å². The minimum Gasteiger partial charge on any atom is -0.449 e. The van der Waals surface area contributed by atoms with Gasteiger partial charge in [-0.25, -0.2) is 9.18 Å². The van der Waals surface area contributed by atoms with Crippen molar-refractivity contribution >= 4 is 18.0 Å². The number of carbonyl (C=O) groups is 2. The van der Waals surface area contributed by atoms with E-state index in [1.165, 1.54) is 17.7 Å². The molecule has 0 fully saturated rings. The van der Waals surface area contributed by atoms with Crippen molar-refractivity contribution in [3.8, 4) is 0 Å². The topological polar surface area (TPSA) is 46.6 Å². The van der Waals surface area contributed by atoms with Crippen LogP contribution < -0.4 is 0 Å². The van der Waals surface area contributed by atoms with Crippen LogP contribution in [-0.4, -0.2) is 29.4 Å². The highest BCUT2D eigenvalue weighted by atomic mass is 19.1. The summed E-state index contributed by atoms with van der Waals surface area (Å²) < 4.78 is 18.7. The van der Waals surface area contributed by atoms with Gasteiger partial charge >= 0.3 is 5.97 Å². The molecule has 1 amide bonds. The van der Waals surface area contributed by atoms with Gasteiger partial charge < -0.3 is 9.64 Å². The van der Waals surface area contributed by atoms with E-state index >= 15 is 0 Å². The molecule has 0 radical (unpaired) electrons. The van der Waals surface area contributed by atoms with Gasteiger partial charge in [0.25, 0.3) is 5.91 Å². The number of hydrogen-bond donors (Lipinski definition) is 0. The van der Waals surface area contributed by atoms with Crippen LogP contribution in [0.2, 0.25) is 0 Å². The smallest absolute Gasteiger partial charge is 0.331 e. The lowest BCUT2D eigenvalue weighted by Crippen LogP contribution is -2.42. The van der Waals surface area contributed by atoms with Crippen LogP contribution in [0.3, 0.4) is 0 Å². The quantitative estimate of drug-likeness (QED) is 0.625. The Morgan fingerprint density at radius 3 is 2.58 bits per heavy atom. The molecule has 0 aromatic heterocycles. The number of carbonyl (C=O) groups excluding carboxylic acids is 2. The summed E-state index contributed by atoms with van der Waals surface area (Å²) in [6, 6.07) is 14.1. The third kappa shape index (κ3) is 4.17. The first-order valence-corrected chi connectivity index (χ1v) is 8.53. The minimum absolute atomic E-state index is 0.229. The van der Waals surface area contributed by atoms with Gasteiger partial charge in [0.1, 0.15) is 5.82 Å².